The third-order valence-corrected chi connectivity index (χ3v) is 1.53. The van der Waals surface area contributed by atoms with E-state index in [2.05, 4.69) is 17.2 Å². The highest BCUT2D eigenvalue weighted by molar-refractivity contribution is 5.93. The maximum atomic E-state index is 10.9. The molecule has 2 nitrogen and oxygen atoms in total. The van der Waals surface area contributed by atoms with Gasteiger partial charge >= 0.3 is 0 Å². The Bertz CT molecular complexity index is 332. The SMILES string of the molecule is CC#CC(=O)NCc1ccccc1. The van der Waals surface area contributed by atoms with Crippen LogP contribution < -0.4 is 5.32 Å². The molecule has 0 unspecified atom stereocenters. The zero-order chi connectivity index (χ0) is 9.52. The first kappa shape index (κ1) is 9.34. The van der Waals surface area contributed by atoms with Gasteiger partial charge in [0.2, 0.25) is 0 Å². The highest BCUT2D eigenvalue weighted by Crippen LogP contribution is 1.96. The fourth-order valence-corrected chi connectivity index (χ4v) is 0.936. The fraction of sp³-hybridized carbons (Fsp3) is 0.182. The molecule has 0 saturated carbocycles. The molecule has 1 aromatic rings. The topological polar surface area (TPSA) is 29.1 Å². The van der Waals surface area contributed by atoms with E-state index in [0.29, 0.717) is 6.54 Å². The van der Waals surface area contributed by atoms with Crippen LogP contribution in [0, 0.1) is 11.8 Å². The molecule has 0 bridgehead atoms. The largest absolute Gasteiger partial charge is 0.341 e. The monoisotopic (exact) mass is 173 g/mol. The number of amides is 1. The van der Waals surface area contributed by atoms with Gasteiger partial charge in [0.15, 0.2) is 0 Å². The number of hydrogen-bond donors (Lipinski definition) is 1. The Kier molecular flexibility index (Phi) is 3.59. The Morgan fingerprint density at radius 2 is 2.08 bits per heavy atom. The van der Waals surface area contributed by atoms with Gasteiger partial charge in [0.1, 0.15) is 0 Å². The molecule has 0 heterocycles. The number of benzene rings is 1. The maximum absolute atomic E-state index is 10.9. The van der Waals surface area contributed by atoms with Crippen LogP contribution in [0.15, 0.2) is 30.3 Å². The van der Waals surface area contributed by atoms with Crippen molar-refractivity contribution < 1.29 is 4.79 Å². The number of nitrogens with one attached hydrogen (secondary N) is 1. The summed E-state index contributed by atoms with van der Waals surface area (Å²) in [7, 11) is 0. The molecule has 0 aromatic heterocycles. The highest BCUT2D eigenvalue weighted by Gasteiger charge is 1.94. The number of rotatable bonds is 2. The molecule has 0 aliphatic heterocycles. The molecular formula is C11H11NO. The van der Waals surface area contributed by atoms with Crippen molar-refractivity contribution in [3.8, 4) is 11.8 Å². The molecule has 2 heteroatoms. The van der Waals surface area contributed by atoms with E-state index in [4.69, 9.17) is 0 Å². The zero-order valence-electron chi connectivity index (χ0n) is 7.50. The smallest absolute Gasteiger partial charge is 0.296 e. The van der Waals surface area contributed by atoms with Crippen molar-refractivity contribution >= 4 is 5.91 Å². The summed E-state index contributed by atoms with van der Waals surface area (Å²) in [4.78, 5) is 10.9. The normalized spacial score (nSPS) is 8.38. The van der Waals surface area contributed by atoms with Crippen molar-refractivity contribution in [2.75, 3.05) is 0 Å². The Labute approximate surface area is 78.0 Å². The molecule has 0 radical (unpaired) electrons. The minimum Gasteiger partial charge on any atom is -0.341 e. The second-order valence-corrected chi connectivity index (χ2v) is 2.54. The van der Waals surface area contributed by atoms with Crippen LogP contribution in [0.5, 0.6) is 0 Å². The van der Waals surface area contributed by atoms with Gasteiger partial charge in [-0.15, -0.1) is 0 Å². The van der Waals surface area contributed by atoms with Gasteiger partial charge in [0.05, 0.1) is 0 Å². The molecule has 0 saturated heterocycles. The third-order valence-electron chi connectivity index (χ3n) is 1.53. The molecule has 0 aliphatic carbocycles. The Morgan fingerprint density at radius 1 is 1.38 bits per heavy atom. The predicted molar refractivity (Wildman–Crippen MR) is 51.7 cm³/mol. The second kappa shape index (κ2) is 5.00. The number of carbonyl (C=O) groups excluding carboxylic acids is 1. The molecule has 1 amide bonds. The molecule has 0 spiro atoms. The summed E-state index contributed by atoms with van der Waals surface area (Å²) in [6.07, 6.45) is 0. The number of hydrogen-bond acceptors (Lipinski definition) is 1. The van der Waals surface area contributed by atoms with Gasteiger partial charge in [-0.05, 0) is 18.4 Å². The fourth-order valence-electron chi connectivity index (χ4n) is 0.936. The predicted octanol–water partition coefficient (Wildman–Crippen LogP) is 1.33. The molecule has 13 heavy (non-hydrogen) atoms. The molecule has 0 aliphatic rings. The van der Waals surface area contributed by atoms with Crippen LogP contribution in [0.1, 0.15) is 12.5 Å². The van der Waals surface area contributed by atoms with E-state index >= 15 is 0 Å². The van der Waals surface area contributed by atoms with Gasteiger partial charge in [-0.25, -0.2) is 0 Å². The molecule has 1 aromatic carbocycles. The number of carbonyl (C=O) groups is 1. The van der Waals surface area contributed by atoms with Crippen molar-refractivity contribution in [2.24, 2.45) is 0 Å². The quantitative estimate of drug-likeness (QED) is 0.671. The van der Waals surface area contributed by atoms with Gasteiger partial charge in [-0.1, -0.05) is 36.3 Å². The van der Waals surface area contributed by atoms with Crippen LogP contribution in [-0.2, 0) is 11.3 Å². The Morgan fingerprint density at radius 3 is 2.69 bits per heavy atom. The summed E-state index contributed by atoms with van der Waals surface area (Å²) < 4.78 is 0. The van der Waals surface area contributed by atoms with Gasteiger partial charge in [0.25, 0.3) is 5.91 Å². The Hall–Kier alpha value is -1.75. The molecule has 1 rings (SSSR count). The van der Waals surface area contributed by atoms with Gasteiger partial charge in [-0.2, -0.15) is 0 Å². The van der Waals surface area contributed by atoms with E-state index in [1.165, 1.54) is 0 Å². The molecule has 66 valence electrons. The van der Waals surface area contributed by atoms with Crippen molar-refractivity contribution in [2.45, 2.75) is 13.5 Å². The van der Waals surface area contributed by atoms with Crippen LogP contribution in [0.4, 0.5) is 0 Å². The van der Waals surface area contributed by atoms with Crippen LogP contribution in [0.3, 0.4) is 0 Å². The van der Waals surface area contributed by atoms with Gasteiger partial charge in [0, 0.05) is 6.54 Å². The van der Waals surface area contributed by atoms with Crippen molar-refractivity contribution in [3.05, 3.63) is 35.9 Å². The highest BCUT2D eigenvalue weighted by atomic mass is 16.1. The summed E-state index contributed by atoms with van der Waals surface area (Å²) >= 11 is 0. The summed E-state index contributed by atoms with van der Waals surface area (Å²) in [5.74, 6) is 4.73. The lowest BCUT2D eigenvalue weighted by Gasteiger charge is -1.99. The summed E-state index contributed by atoms with van der Waals surface area (Å²) in [5.41, 5.74) is 1.08. The second-order valence-electron chi connectivity index (χ2n) is 2.54. The van der Waals surface area contributed by atoms with E-state index in [1.54, 1.807) is 6.92 Å². The minimum absolute atomic E-state index is 0.230. The summed E-state index contributed by atoms with van der Waals surface area (Å²) in [5, 5.41) is 2.69. The lowest BCUT2D eigenvalue weighted by Crippen LogP contribution is -2.20. The van der Waals surface area contributed by atoms with E-state index in [1.807, 2.05) is 30.3 Å². The first-order valence-electron chi connectivity index (χ1n) is 4.07. The third kappa shape index (κ3) is 3.44. The molecule has 0 atom stereocenters. The van der Waals surface area contributed by atoms with E-state index in [0.717, 1.165) is 5.56 Å². The van der Waals surface area contributed by atoms with Crippen LogP contribution in [0.2, 0.25) is 0 Å². The van der Waals surface area contributed by atoms with Crippen LogP contribution in [0.25, 0.3) is 0 Å². The standard InChI is InChI=1S/C11H11NO/c1-2-6-11(13)12-9-10-7-4-3-5-8-10/h3-5,7-8H,9H2,1H3,(H,12,13). The van der Waals surface area contributed by atoms with Gasteiger partial charge < -0.3 is 5.32 Å². The maximum Gasteiger partial charge on any atom is 0.296 e. The molecule has 0 fully saturated rings. The first-order chi connectivity index (χ1) is 6.33. The average Bonchev–Trinajstić information content (AvgIpc) is 2.17. The van der Waals surface area contributed by atoms with Gasteiger partial charge in [-0.3, -0.25) is 4.79 Å². The van der Waals surface area contributed by atoms with Crippen molar-refractivity contribution in [1.29, 1.82) is 0 Å². The van der Waals surface area contributed by atoms with Crippen LogP contribution >= 0.6 is 0 Å². The van der Waals surface area contributed by atoms with Crippen molar-refractivity contribution in [3.63, 3.8) is 0 Å². The lowest BCUT2D eigenvalue weighted by molar-refractivity contribution is -0.115. The minimum atomic E-state index is -0.230. The lowest BCUT2D eigenvalue weighted by atomic mass is 10.2. The van der Waals surface area contributed by atoms with E-state index in [9.17, 15) is 4.79 Å². The first-order valence-corrected chi connectivity index (χ1v) is 4.07. The molecule has 1 N–H and O–H groups in total. The van der Waals surface area contributed by atoms with E-state index in [-0.39, 0.29) is 5.91 Å². The van der Waals surface area contributed by atoms with Crippen molar-refractivity contribution in [1.82, 2.24) is 5.32 Å². The van der Waals surface area contributed by atoms with E-state index < -0.39 is 0 Å². The summed E-state index contributed by atoms with van der Waals surface area (Å²) in [6, 6.07) is 9.73. The van der Waals surface area contributed by atoms with Crippen LogP contribution in [-0.4, -0.2) is 5.91 Å². The summed E-state index contributed by atoms with van der Waals surface area (Å²) in [6.45, 7) is 2.18. The Balaban J connectivity index is 2.43. The average molecular weight is 173 g/mol. The zero-order valence-corrected chi connectivity index (χ0v) is 7.50. The molecular weight excluding hydrogens is 162 g/mol.